The van der Waals surface area contributed by atoms with Crippen LogP contribution in [0.3, 0.4) is 0 Å². The molecule has 7 rings (SSSR count). The number of aromatic nitrogens is 3. The molecule has 2 unspecified atom stereocenters. The van der Waals surface area contributed by atoms with Crippen LogP contribution in [0.25, 0.3) is 22.4 Å². The molecular formula is C52H62F10N10O8. The maximum Gasteiger partial charge on any atom is 0.407 e. The Kier molecular flexibility index (Phi) is 18.7. The van der Waals surface area contributed by atoms with Gasteiger partial charge in [-0.15, -0.1) is 0 Å². The van der Waals surface area contributed by atoms with Gasteiger partial charge in [-0.05, 0) is 88.4 Å². The lowest BCUT2D eigenvalue weighted by molar-refractivity contribution is -0.221. The predicted molar refractivity (Wildman–Crippen MR) is 267 cm³/mol. The number of fused-ring (bicyclic) bond motifs is 2. The van der Waals surface area contributed by atoms with Crippen molar-refractivity contribution in [2.75, 3.05) is 52.0 Å². The van der Waals surface area contributed by atoms with E-state index >= 15 is 8.78 Å². The Morgan fingerprint density at radius 3 is 1.80 bits per heavy atom. The molecule has 3 fully saturated rings. The minimum Gasteiger partial charge on any atom is -0.453 e. The molecular weight excluding hydrogens is 1080 g/mol. The van der Waals surface area contributed by atoms with Gasteiger partial charge >= 0.3 is 24.5 Å². The lowest BCUT2D eigenvalue weighted by Crippen LogP contribution is -2.63. The van der Waals surface area contributed by atoms with E-state index in [9.17, 15) is 59.4 Å². The van der Waals surface area contributed by atoms with Crippen LogP contribution in [-0.4, -0.2) is 162 Å². The van der Waals surface area contributed by atoms with E-state index < -0.39 is 121 Å². The van der Waals surface area contributed by atoms with Crippen LogP contribution >= 0.6 is 0 Å². The van der Waals surface area contributed by atoms with Crippen LogP contribution in [0.1, 0.15) is 51.7 Å². The van der Waals surface area contributed by atoms with E-state index in [1.165, 1.54) is 6.07 Å². The number of halogens is 10. The third-order valence-electron chi connectivity index (χ3n) is 14.9. The summed E-state index contributed by atoms with van der Waals surface area (Å²) >= 11 is 0. The van der Waals surface area contributed by atoms with Gasteiger partial charge in [-0.2, -0.15) is 31.4 Å². The summed E-state index contributed by atoms with van der Waals surface area (Å²) in [6, 6.07) is 7.32. The summed E-state index contributed by atoms with van der Waals surface area (Å²) in [5.41, 5.74) is -3.71. The van der Waals surface area contributed by atoms with Crippen molar-refractivity contribution in [2.24, 2.45) is 10.8 Å². The van der Waals surface area contributed by atoms with Gasteiger partial charge in [0.15, 0.2) is 0 Å². The summed E-state index contributed by atoms with van der Waals surface area (Å²) in [5.74, 6) is -5.15. The van der Waals surface area contributed by atoms with Crippen molar-refractivity contribution in [1.82, 2.24) is 46.0 Å². The number of hydrazine groups is 1. The topological polar surface area (TPSA) is 205 Å². The number of carbonyl (C=O) groups is 4. The number of alkyl carbamates (subject to hydrolysis) is 2. The number of piperazine rings is 1. The van der Waals surface area contributed by atoms with Crippen LogP contribution in [0.2, 0.25) is 0 Å². The van der Waals surface area contributed by atoms with Gasteiger partial charge in [0.2, 0.25) is 5.91 Å². The highest BCUT2D eigenvalue weighted by atomic mass is 19.4. The molecule has 3 aliphatic rings. The quantitative estimate of drug-likeness (QED) is 0.0433. The molecule has 80 heavy (non-hydrogen) atoms. The molecule has 3 saturated heterocycles. The molecule has 28 heteroatoms. The van der Waals surface area contributed by atoms with Gasteiger partial charge < -0.3 is 40.2 Å². The van der Waals surface area contributed by atoms with Crippen LogP contribution < -0.4 is 26.3 Å². The minimum atomic E-state index is -5.22. The van der Waals surface area contributed by atoms with Crippen LogP contribution in [0.15, 0.2) is 67.0 Å². The van der Waals surface area contributed by atoms with Crippen LogP contribution in [0.5, 0.6) is 0 Å². The standard InChI is InChI=1S/C52H62F10N10O8/c1-49(2,51(57,58)59)43(65-47(76)78-5)45(74)64-39(17-28-7-9-29(10-8-28)30-11-14-42(63-20-30)69-21-32-12-13-33(22-69)72(32)34-26-80-27-34)40(73)24-71(68-46(75)44(66-48(77)79-6)50(3,4)52(60,61)62)23-35-36(53)18-31(19-37(35)54)38-15-16-70(67-38)25-41(55)56/h7-11,14-16,18-20,32-34,39-41,43-44,73H,12-13,17,21-27H2,1-6H3,(H,64,74)(H,65,76)(H,66,77)(H,68,75)/t32?,33?,39-,40-,43+,44+/m0/s1. The van der Waals surface area contributed by atoms with Gasteiger partial charge in [0.1, 0.15) is 36.1 Å². The summed E-state index contributed by atoms with van der Waals surface area (Å²) in [7, 11) is 1.62. The fraction of sp³-hybridized carbons (Fsp3) is 0.538. The Labute approximate surface area is 453 Å². The van der Waals surface area contributed by atoms with Gasteiger partial charge in [0.05, 0.1) is 62.1 Å². The number of hydrogen-bond acceptors (Lipinski definition) is 13. The molecule has 4 amide bonds. The normalized spacial score (nSPS) is 18.8. The Morgan fingerprint density at radius 1 is 0.762 bits per heavy atom. The molecule has 4 aromatic rings. The summed E-state index contributed by atoms with van der Waals surface area (Å²) in [6.45, 7) is 2.32. The fourth-order valence-electron chi connectivity index (χ4n) is 9.90. The van der Waals surface area contributed by atoms with Crippen molar-refractivity contribution in [3.8, 4) is 22.4 Å². The Morgan fingerprint density at radius 2 is 1.31 bits per heavy atom. The van der Waals surface area contributed by atoms with Crippen molar-refractivity contribution in [3.63, 3.8) is 0 Å². The molecule has 0 radical (unpaired) electrons. The first-order valence-corrected chi connectivity index (χ1v) is 25.3. The van der Waals surface area contributed by atoms with Gasteiger partial charge in [0, 0.05) is 67.3 Å². The van der Waals surface area contributed by atoms with E-state index in [0.29, 0.717) is 67.5 Å². The number of nitrogens with zero attached hydrogens (tertiary/aromatic N) is 6. The largest absolute Gasteiger partial charge is 0.453 e. The SMILES string of the molecule is COC(=O)N[C@H](C(=O)N[C@@H](Cc1ccc(-c2ccc(N3CC4CCC(C3)N4C3COC3)nc2)cc1)[C@@H](O)CN(Cc1c(F)cc(-c2ccn(CC(F)F)n2)cc1F)NC(=O)[C@@H](NC(=O)OC)C(C)(C)C(F)(F)F)C(C)(C)C(F)(F)F. The molecule has 2 bridgehead atoms. The number of carbonyl (C=O) groups excluding carboxylic acids is 4. The number of ether oxygens (including phenoxy) is 3. The van der Waals surface area contributed by atoms with Crippen LogP contribution in [0, 0.1) is 22.5 Å². The summed E-state index contributed by atoms with van der Waals surface area (Å²) in [4.78, 5) is 62.6. The van der Waals surface area contributed by atoms with E-state index in [-0.39, 0.29) is 11.3 Å². The van der Waals surface area contributed by atoms with Gasteiger partial charge in [-0.3, -0.25) is 24.6 Å². The molecule has 0 aliphatic carbocycles. The summed E-state index contributed by atoms with van der Waals surface area (Å²) in [5, 5.41) is 22.6. The zero-order valence-electron chi connectivity index (χ0n) is 44.3. The minimum absolute atomic E-state index is 0.150. The second-order valence-electron chi connectivity index (χ2n) is 21.1. The third-order valence-corrected chi connectivity index (χ3v) is 14.9. The number of benzene rings is 2. The van der Waals surface area contributed by atoms with Crippen molar-refractivity contribution in [3.05, 3.63) is 89.8 Å². The molecule has 438 valence electrons. The fourth-order valence-corrected chi connectivity index (χ4v) is 9.90. The van der Waals surface area contributed by atoms with Crippen molar-refractivity contribution in [1.29, 1.82) is 0 Å². The summed E-state index contributed by atoms with van der Waals surface area (Å²) < 4.78 is 161. The van der Waals surface area contributed by atoms with E-state index in [0.717, 1.165) is 82.2 Å². The number of hydrogen-bond donors (Lipinski definition) is 5. The van der Waals surface area contributed by atoms with Crippen LogP contribution in [0.4, 0.5) is 59.3 Å². The lowest BCUT2D eigenvalue weighted by Gasteiger charge is -2.48. The Balaban J connectivity index is 1.20. The number of aliphatic hydroxyl groups is 1. The molecule has 5 heterocycles. The first-order valence-electron chi connectivity index (χ1n) is 25.3. The van der Waals surface area contributed by atoms with Gasteiger partial charge in [-0.25, -0.2) is 37.1 Å². The molecule has 2 aromatic heterocycles. The Hall–Kier alpha value is -6.78. The number of aliphatic hydroxyl groups excluding tert-OH is 1. The number of methoxy groups -OCH3 is 2. The summed E-state index contributed by atoms with van der Waals surface area (Å²) in [6.07, 6.45) is -13.8. The maximum absolute atomic E-state index is 16.1. The Bertz CT molecular complexity index is 2780. The molecule has 0 spiro atoms. The number of rotatable bonds is 21. The number of amides is 4. The van der Waals surface area contributed by atoms with E-state index in [4.69, 9.17) is 9.72 Å². The zero-order chi connectivity index (χ0) is 58.6. The molecule has 2 aromatic carbocycles. The first kappa shape index (κ1) is 60.9. The number of nitrogens with one attached hydrogen (secondary N) is 4. The highest BCUT2D eigenvalue weighted by Crippen LogP contribution is 2.42. The maximum atomic E-state index is 16.1. The lowest BCUT2D eigenvalue weighted by atomic mass is 9.82. The monoisotopic (exact) mass is 1140 g/mol. The molecule has 6 atom stereocenters. The zero-order valence-corrected chi connectivity index (χ0v) is 44.3. The average Bonchev–Trinajstić information content (AvgIpc) is 3.95. The number of alkyl halides is 8. The van der Waals surface area contributed by atoms with E-state index in [1.807, 2.05) is 17.4 Å². The number of anilines is 1. The first-order chi connectivity index (χ1) is 37.5. The highest BCUT2D eigenvalue weighted by molar-refractivity contribution is 5.87. The second-order valence-corrected chi connectivity index (χ2v) is 21.1. The second kappa shape index (κ2) is 24.5. The molecule has 18 nitrogen and oxygen atoms in total. The predicted octanol–water partition coefficient (Wildman–Crippen LogP) is 6.76. The van der Waals surface area contributed by atoms with Crippen LogP contribution in [-0.2, 0) is 43.3 Å². The van der Waals surface area contributed by atoms with E-state index in [2.05, 4.69) is 35.1 Å². The van der Waals surface area contributed by atoms with Gasteiger partial charge in [-0.1, -0.05) is 24.3 Å². The molecule has 3 aliphatic heterocycles. The number of pyridine rings is 1. The highest BCUT2D eigenvalue weighted by Gasteiger charge is 2.57. The smallest absolute Gasteiger partial charge is 0.407 e. The van der Waals surface area contributed by atoms with Gasteiger partial charge in [0.25, 0.3) is 12.3 Å². The molecule has 5 N–H and O–H groups in total. The third kappa shape index (κ3) is 13.9. The molecule has 0 saturated carbocycles. The van der Waals surface area contributed by atoms with Crippen molar-refractivity contribution in [2.45, 2.75) is 121 Å². The van der Waals surface area contributed by atoms with E-state index in [1.54, 1.807) is 35.8 Å². The van der Waals surface area contributed by atoms with Crippen molar-refractivity contribution < 1.29 is 82.4 Å². The van der Waals surface area contributed by atoms with Crippen molar-refractivity contribution >= 4 is 29.8 Å². The average molecular weight is 1150 g/mol.